The van der Waals surface area contributed by atoms with Gasteiger partial charge in [-0.15, -0.1) is 0 Å². The Morgan fingerprint density at radius 1 is 1.10 bits per heavy atom. The normalized spacial score (nSPS) is 16.4. The van der Waals surface area contributed by atoms with Crippen molar-refractivity contribution in [2.75, 3.05) is 37.6 Å². The summed E-state index contributed by atoms with van der Waals surface area (Å²) in [6.07, 6.45) is -2.54. The van der Waals surface area contributed by atoms with Crippen molar-refractivity contribution < 1.29 is 18.0 Å². The summed E-state index contributed by atoms with van der Waals surface area (Å²) in [4.78, 5) is 20.3. The van der Waals surface area contributed by atoms with Gasteiger partial charge in [-0.3, -0.25) is 9.69 Å². The molecule has 1 aliphatic heterocycles. The van der Waals surface area contributed by atoms with E-state index in [0.717, 1.165) is 24.2 Å². The summed E-state index contributed by atoms with van der Waals surface area (Å²) in [7, 11) is 0. The van der Waals surface area contributed by atoms with Crippen LogP contribution in [0.5, 0.6) is 0 Å². The van der Waals surface area contributed by atoms with Gasteiger partial charge in [0.15, 0.2) is 0 Å². The van der Waals surface area contributed by atoms with Crippen LogP contribution >= 0.6 is 0 Å². The van der Waals surface area contributed by atoms with E-state index in [1.807, 2.05) is 28.9 Å². The van der Waals surface area contributed by atoms with Crippen LogP contribution in [-0.2, 0) is 17.4 Å². The highest BCUT2D eigenvalue weighted by atomic mass is 19.4. The van der Waals surface area contributed by atoms with Crippen molar-refractivity contribution in [3.63, 3.8) is 0 Å². The van der Waals surface area contributed by atoms with Gasteiger partial charge in [-0.25, -0.2) is 4.98 Å². The molecule has 0 aliphatic carbocycles. The van der Waals surface area contributed by atoms with Gasteiger partial charge in [0.2, 0.25) is 5.91 Å². The number of carbonyl (C=O) groups is 1. The maximum absolute atomic E-state index is 12.7. The molecule has 0 saturated carbocycles. The maximum Gasteiger partial charge on any atom is 0.417 e. The fraction of sp³-hybridized carbons (Fsp3) is 0.455. The smallest absolute Gasteiger partial charge is 0.354 e. The predicted molar refractivity (Wildman–Crippen MR) is 110 cm³/mol. The molecule has 1 aliphatic rings. The van der Waals surface area contributed by atoms with Gasteiger partial charge in [0, 0.05) is 32.4 Å². The maximum atomic E-state index is 12.7. The molecule has 0 bridgehead atoms. The Labute approximate surface area is 174 Å². The predicted octanol–water partition coefficient (Wildman–Crippen LogP) is 3.66. The van der Waals surface area contributed by atoms with Crippen molar-refractivity contribution in [1.82, 2.24) is 15.2 Å². The number of halogens is 3. The fourth-order valence-electron chi connectivity index (χ4n) is 3.49. The van der Waals surface area contributed by atoms with Crippen LogP contribution in [0, 0.1) is 0 Å². The number of carbonyl (C=O) groups excluding carboxylic acids is 1. The van der Waals surface area contributed by atoms with Crippen molar-refractivity contribution >= 4 is 11.7 Å². The zero-order chi connectivity index (χ0) is 21.7. The average molecular weight is 420 g/mol. The van der Waals surface area contributed by atoms with Crippen LogP contribution in [0.3, 0.4) is 0 Å². The molecule has 0 spiro atoms. The minimum Gasteiger partial charge on any atom is -0.354 e. The second kappa shape index (κ2) is 9.47. The molecule has 2 heterocycles. The van der Waals surface area contributed by atoms with Crippen molar-refractivity contribution in [2.24, 2.45) is 0 Å². The van der Waals surface area contributed by atoms with E-state index >= 15 is 0 Å². The van der Waals surface area contributed by atoms with E-state index in [2.05, 4.69) is 29.4 Å². The summed E-state index contributed by atoms with van der Waals surface area (Å²) >= 11 is 0. The molecule has 2 aromatic rings. The zero-order valence-corrected chi connectivity index (χ0v) is 17.2. The first-order chi connectivity index (χ1) is 14.3. The first kappa shape index (κ1) is 22.1. The molecular formula is C22H27F3N4O. The number of rotatable bonds is 6. The summed E-state index contributed by atoms with van der Waals surface area (Å²) < 4.78 is 38.0. The molecule has 1 fully saturated rings. The topological polar surface area (TPSA) is 48.5 Å². The average Bonchev–Trinajstić information content (AvgIpc) is 2.73. The Morgan fingerprint density at radius 3 is 2.30 bits per heavy atom. The summed E-state index contributed by atoms with van der Waals surface area (Å²) in [6, 6.07) is 10.6. The van der Waals surface area contributed by atoms with Crippen LogP contribution in [-0.4, -0.2) is 48.5 Å². The number of alkyl halides is 3. The van der Waals surface area contributed by atoms with Gasteiger partial charge < -0.3 is 10.2 Å². The summed E-state index contributed by atoms with van der Waals surface area (Å²) in [5.74, 6) is 0.486. The van der Waals surface area contributed by atoms with Gasteiger partial charge in [0.25, 0.3) is 0 Å². The van der Waals surface area contributed by atoms with E-state index < -0.39 is 11.7 Å². The Morgan fingerprint density at radius 2 is 1.77 bits per heavy atom. The standard InChI is InChI=1S/C22H27F3N4O/c1-3-17-4-6-18(7-5-17)16(2)27-21(30)15-28-10-12-29(13-11-28)20-9-8-19(14-26-20)22(23,24)25/h4-9,14,16H,3,10-13,15H2,1-2H3,(H,27,30)/t16-/m0/s1. The second-order valence-corrected chi connectivity index (χ2v) is 7.55. The molecular weight excluding hydrogens is 393 g/mol. The van der Waals surface area contributed by atoms with E-state index in [1.54, 1.807) is 0 Å². The first-order valence-electron chi connectivity index (χ1n) is 10.1. The van der Waals surface area contributed by atoms with E-state index in [1.165, 1.54) is 11.6 Å². The number of amides is 1. The molecule has 1 aromatic heterocycles. The molecule has 0 unspecified atom stereocenters. The molecule has 1 N–H and O–H groups in total. The zero-order valence-electron chi connectivity index (χ0n) is 17.2. The number of piperazine rings is 1. The van der Waals surface area contributed by atoms with Gasteiger partial charge in [-0.1, -0.05) is 31.2 Å². The van der Waals surface area contributed by atoms with Gasteiger partial charge in [-0.05, 0) is 36.6 Å². The highest BCUT2D eigenvalue weighted by Gasteiger charge is 2.31. The van der Waals surface area contributed by atoms with Crippen molar-refractivity contribution in [3.8, 4) is 0 Å². The molecule has 1 aromatic carbocycles. The fourth-order valence-corrected chi connectivity index (χ4v) is 3.49. The Kier molecular flexibility index (Phi) is 6.97. The van der Waals surface area contributed by atoms with Crippen LogP contribution in [0.25, 0.3) is 0 Å². The molecule has 0 radical (unpaired) electrons. The van der Waals surface area contributed by atoms with Crippen LogP contribution in [0.15, 0.2) is 42.6 Å². The number of pyridine rings is 1. The molecule has 1 saturated heterocycles. The Hall–Kier alpha value is -2.61. The summed E-state index contributed by atoms with van der Waals surface area (Å²) in [5, 5.41) is 3.03. The lowest BCUT2D eigenvalue weighted by Gasteiger charge is -2.35. The van der Waals surface area contributed by atoms with Crippen LogP contribution in [0.4, 0.5) is 19.0 Å². The number of aromatic nitrogens is 1. The monoisotopic (exact) mass is 420 g/mol. The number of nitrogens with zero attached hydrogens (tertiary/aromatic N) is 3. The third kappa shape index (κ3) is 5.72. The van der Waals surface area contributed by atoms with Crippen LogP contribution in [0.1, 0.15) is 36.6 Å². The third-order valence-corrected chi connectivity index (χ3v) is 5.40. The van der Waals surface area contributed by atoms with E-state index in [4.69, 9.17) is 0 Å². The number of benzene rings is 1. The third-order valence-electron chi connectivity index (χ3n) is 5.40. The summed E-state index contributed by atoms with van der Waals surface area (Å²) in [5.41, 5.74) is 1.58. The Bertz CT molecular complexity index is 829. The molecule has 162 valence electrons. The molecule has 8 heteroatoms. The number of hydrogen-bond donors (Lipinski definition) is 1. The van der Waals surface area contributed by atoms with Gasteiger partial charge >= 0.3 is 6.18 Å². The van der Waals surface area contributed by atoms with Crippen molar-refractivity contribution in [2.45, 2.75) is 32.5 Å². The molecule has 30 heavy (non-hydrogen) atoms. The molecule has 1 atom stereocenters. The number of hydrogen-bond acceptors (Lipinski definition) is 4. The number of aryl methyl sites for hydroxylation is 1. The van der Waals surface area contributed by atoms with Crippen molar-refractivity contribution in [3.05, 3.63) is 59.3 Å². The number of nitrogens with one attached hydrogen (secondary N) is 1. The molecule has 1 amide bonds. The lowest BCUT2D eigenvalue weighted by molar-refractivity contribution is -0.137. The lowest BCUT2D eigenvalue weighted by Crippen LogP contribution is -2.49. The van der Waals surface area contributed by atoms with Gasteiger partial charge in [-0.2, -0.15) is 13.2 Å². The van der Waals surface area contributed by atoms with E-state index in [0.29, 0.717) is 38.5 Å². The number of anilines is 1. The van der Waals surface area contributed by atoms with Crippen LogP contribution < -0.4 is 10.2 Å². The van der Waals surface area contributed by atoms with Crippen molar-refractivity contribution in [1.29, 1.82) is 0 Å². The van der Waals surface area contributed by atoms with Crippen LogP contribution in [0.2, 0.25) is 0 Å². The largest absolute Gasteiger partial charge is 0.417 e. The minimum absolute atomic E-state index is 0.0387. The highest BCUT2D eigenvalue weighted by molar-refractivity contribution is 5.78. The lowest BCUT2D eigenvalue weighted by atomic mass is 10.1. The van der Waals surface area contributed by atoms with Gasteiger partial charge in [0.1, 0.15) is 5.82 Å². The highest BCUT2D eigenvalue weighted by Crippen LogP contribution is 2.29. The van der Waals surface area contributed by atoms with E-state index in [-0.39, 0.29) is 11.9 Å². The SMILES string of the molecule is CCc1ccc([C@H](C)NC(=O)CN2CCN(c3ccc(C(F)(F)F)cn3)CC2)cc1. The summed E-state index contributed by atoms with van der Waals surface area (Å²) in [6.45, 7) is 6.89. The molecule has 3 rings (SSSR count). The minimum atomic E-state index is -4.38. The quantitative estimate of drug-likeness (QED) is 0.775. The van der Waals surface area contributed by atoms with Gasteiger partial charge in [0.05, 0.1) is 18.2 Å². The second-order valence-electron chi connectivity index (χ2n) is 7.55. The Balaban J connectivity index is 1.46. The first-order valence-corrected chi connectivity index (χ1v) is 10.1. The molecule has 5 nitrogen and oxygen atoms in total. The van der Waals surface area contributed by atoms with E-state index in [9.17, 15) is 18.0 Å².